The highest BCUT2D eigenvalue weighted by atomic mass is 127. The zero-order valence-electron chi connectivity index (χ0n) is 26.2. The lowest BCUT2D eigenvalue weighted by Crippen LogP contribution is -2.17. The van der Waals surface area contributed by atoms with Crippen molar-refractivity contribution < 1.29 is 52.1 Å². The van der Waals surface area contributed by atoms with Crippen LogP contribution in [-0.4, -0.2) is 163 Å². The Kier molecular flexibility index (Phi) is 41.5. The molecule has 1 N–H and O–H groups in total. The number of unbranched alkanes of at least 4 members (excludes halogenated alkanes) is 3. The third kappa shape index (κ3) is 40.2. The van der Waals surface area contributed by atoms with Crippen LogP contribution in [0.4, 0.5) is 0 Å². The van der Waals surface area contributed by atoms with Gasteiger partial charge in [0.05, 0.1) is 139 Å². The van der Waals surface area contributed by atoms with Crippen molar-refractivity contribution in [3.05, 3.63) is 0 Å². The molecule has 0 atom stereocenters. The van der Waals surface area contributed by atoms with Gasteiger partial charge in [0.1, 0.15) is 0 Å². The van der Waals surface area contributed by atoms with Gasteiger partial charge in [-0.05, 0) is 24.3 Å². The molecule has 42 heavy (non-hydrogen) atoms. The molecule has 0 bridgehead atoms. The van der Waals surface area contributed by atoms with E-state index in [-0.39, 0.29) is 0 Å². The minimum absolute atomic E-state index is 0.524. The molecule has 0 aromatic rings. The summed E-state index contributed by atoms with van der Waals surface area (Å²) in [7, 11) is 1.90. The number of hydrogen-bond acceptors (Lipinski definition) is 12. The summed E-state index contributed by atoms with van der Waals surface area (Å²) in [5.41, 5.74) is 0. The van der Waals surface area contributed by atoms with Gasteiger partial charge in [0.25, 0.3) is 0 Å². The highest BCUT2D eigenvalue weighted by Crippen LogP contribution is 2.02. The van der Waals surface area contributed by atoms with Gasteiger partial charge in [-0.25, -0.2) is 0 Å². The maximum Gasteiger partial charge on any atom is 0.0701 e. The van der Waals surface area contributed by atoms with E-state index in [2.05, 4.69) is 27.9 Å². The van der Waals surface area contributed by atoms with Crippen molar-refractivity contribution in [3.8, 4) is 0 Å². The molecule has 12 nitrogen and oxygen atoms in total. The Morgan fingerprint density at radius 2 is 0.548 bits per heavy atom. The van der Waals surface area contributed by atoms with E-state index >= 15 is 0 Å². The first kappa shape index (κ1) is 42.2. The van der Waals surface area contributed by atoms with Gasteiger partial charge in [-0.2, -0.15) is 0 Å². The molecule has 0 spiro atoms. The van der Waals surface area contributed by atoms with Crippen LogP contribution in [-0.2, 0) is 52.1 Å². The summed E-state index contributed by atoms with van der Waals surface area (Å²) in [6.07, 6.45) is 4.99. The van der Waals surface area contributed by atoms with Gasteiger partial charge < -0.3 is 57.4 Å². The second-order valence-electron chi connectivity index (χ2n) is 8.94. The maximum atomic E-state index is 5.55. The standard InChI is InChI=1S/C29H60INO11/c1-31-7-9-33-11-13-35-15-17-37-19-21-39-23-25-41-27-29-42-28-26-40-24-22-38-20-18-36-16-14-34-12-10-32-8-5-3-2-4-6-30/h31H,2-29H2,1H3. The molecular weight excluding hydrogens is 665 g/mol. The van der Waals surface area contributed by atoms with Crippen molar-refractivity contribution in [2.75, 3.05) is 163 Å². The first-order chi connectivity index (χ1) is 20.9. The Bertz CT molecular complexity index is 433. The van der Waals surface area contributed by atoms with E-state index in [1.54, 1.807) is 0 Å². The molecule has 0 unspecified atom stereocenters. The van der Waals surface area contributed by atoms with E-state index < -0.39 is 0 Å². The summed E-state index contributed by atoms with van der Waals surface area (Å²) in [6.45, 7) is 13.4. The summed E-state index contributed by atoms with van der Waals surface area (Å²) < 4.78 is 61.4. The molecule has 0 amide bonds. The molecule has 0 saturated heterocycles. The minimum atomic E-state index is 0.524. The fourth-order valence-electron chi connectivity index (χ4n) is 3.13. The number of alkyl halides is 1. The van der Waals surface area contributed by atoms with Crippen LogP contribution in [0.5, 0.6) is 0 Å². The van der Waals surface area contributed by atoms with Crippen LogP contribution >= 0.6 is 22.6 Å². The largest absolute Gasteiger partial charge is 0.379 e. The minimum Gasteiger partial charge on any atom is -0.379 e. The molecule has 0 aliphatic rings. The number of hydrogen-bond donors (Lipinski definition) is 1. The average molecular weight is 726 g/mol. The highest BCUT2D eigenvalue weighted by molar-refractivity contribution is 14.1. The average Bonchev–Trinajstić information content (AvgIpc) is 3.00. The van der Waals surface area contributed by atoms with E-state index in [0.29, 0.717) is 139 Å². The van der Waals surface area contributed by atoms with Crippen LogP contribution < -0.4 is 5.32 Å². The molecule has 0 aromatic carbocycles. The molecule has 0 radical (unpaired) electrons. The summed E-state index contributed by atoms with van der Waals surface area (Å²) in [5, 5.41) is 3.02. The van der Waals surface area contributed by atoms with Gasteiger partial charge in [-0.15, -0.1) is 0 Å². The van der Waals surface area contributed by atoms with Crippen LogP contribution in [0, 0.1) is 0 Å². The van der Waals surface area contributed by atoms with Crippen molar-refractivity contribution >= 4 is 22.6 Å². The Balaban J connectivity index is 3.02. The fourth-order valence-corrected chi connectivity index (χ4v) is 3.67. The van der Waals surface area contributed by atoms with E-state index in [1.807, 2.05) is 7.05 Å². The van der Waals surface area contributed by atoms with Crippen molar-refractivity contribution in [3.63, 3.8) is 0 Å². The van der Waals surface area contributed by atoms with Gasteiger partial charge in [0, 0.05) is 13.2 Å². The van der Waals surface area contributed by atoms with E-state index in [1.165, 1.54) is 23.7 Å². The summed E-state index contributed by atoms with van der Waals surface area (Å²) in [6, 6.07) is 0. The van der Waals surface area contributed by atoms with Gasteiger partial charge in [-0.1, -0.05) is 35.4 Å². The van der Waals surface area contributed by atoms with Gasteiger partial charge in [0.2, 0.25) is 0 Å². The predicted octanol–water partition coefficient (Wildman–Crippen LogP) is 2.38. The molecule has 0 aliphatic carbocycles. The fraction of sp³-hybridized carbons (Fsp3) is 1.00. The first-order valence-electron chi connectivity index (χ1n) is 15.5. The number of halogens is 1. The van der Waals surface area contributed by atoms with Gasteiger partial charge >= 0.3 is 0 Å². The quantitative estimate of drug-likeness (QED) is 0.0571. The molecule has 0 saturated carbocycles. The molecule has 0 rings (SSSR count). The molecule has 254 valence electrons. The SMILES string of the molecule is CNCCOCCOCCOCCOCCOCCOCCOCCOCCOCCOCCOCCCCCCI. The number of nitrogens with one attached hydrogen (secondary N) is 1. The molecule has 0 fully saturated rings. The first-order valence-corrected chi connectivity index (χ1v) is 17.0. The third-order valence-corrected chi connectivity index (χ3v) is 6.15. The molecular formula is C29H60INO11. The van der Waals surface area contributed by atoms with Gasteiger partial charge in [-0.3, -0.25) is 0 Å². The van der Waals surface area contributed by atoms with Crippen molar-refractivity contribution in [2.45, 2.75) is 25.7 Å². The molecule has 0 aliphatic heterocycles. The van der Waals surface area contributed by atoms with Crippen LogP contribution in [0.1, 0.15) is 25.7 Å². The normalized spacial score (nSPS) is 11.6. The Morgan fingerprint density at radius 3 is 0.810 bits per heavy atom. The zero-order chi connectivity index (χ0) is 30.3. The lowest BCUT2D eigenvalue weighted by atomic mass is 10.2. The van der Waals surface area contributed by atoms with Crippen molar-refractivity contribution in [2.24, 2.45) is 0 Å². The number of rotatable bonds is 39. The Morgan fingerprint density at radius 1 is 0.310 bits per heavy atom. The van der Waals surface area contributed by atoms with Crippen molar-refractivity contribution in [1.82, 2.24) is 5.32 Å². The molecule has 0 heterocycles. The van der Waals surface area contributed by atoms with Crippen LogP contribution in [0.2, 0.25) is 0 Å². The number of ether oxygens (including phenoxy) is 11. The molecule has 13 heteroatoms. The number of likely N-dealkylation sites (N-methyl/N-ethyl adjacent to an activating group) is 1. The van der Waals surface area contributed by atoms with Crippen LogP contribution in [0.3, 0.4) is 0 Å². The maximum absolute atomic E-state index is 5.55. The Hall–Kier alpha value is 0.250. The predicted molar refractivity (Wildman–Crippen MR) is 170 cm³/mol. The monoisotopic (exact) mass is 725 g/mol. The summed E-state index contributed by atoms with van der Waals surface area (Å²) >= 11 is 2.42. The van der Waals surface area contributed by atoms with Gasteiger partial charge in [0.15, 0.2) is 0 Å². The molecule has 0 aromatic heterocycles. The third-order valence-electron chi connectivity index (χ3n) is 5.39. The smallest absolute Gasteiger partial charge is 0.0701 e. The highest BCUT2D eigenvalue weighted by Gasteiger charge is 1.96. The second kappa shape index (κ2) is 41.2. The lowest BCUT2D eigenvalue weighted by Gasteiger charge is -2.09. The second-order valence-corrected chi connectivity index (χ2v) is 10.0. The van der Waals surface area contributed by atoms with Crippen molar-refractivity contribution in [1.29, 1.82) is 0 Å². The van der Waals surface area contributed by atoms with Crippen LogP contribution in [0.25, 0.3) is 0 Å². The summed E-state index contributed by atoms with van der Waals surface area (Å²) in [4.78, 5) is 0. The summed E-state index contributed by atoms with van der Waals surface area (Å²) in [5.74, 6) is 0. The van der Waals surface area contributed by atoms with E-state index in [4.69, 9.17) is 52.1 Å². The topological polar surface area (TPSA) is 114 Å². The van der Waals surface area contributed by atoms with Crippen LogP contribution in [0.15, 0.2) is 0 Å². The zero-order valence-corrected chi connectivity index (χ0v) is 28.3. The van der Waals surface area contributed by atoms with E-state index in [0.717, 1.165) is 19.6 Å². The Labute approximate surface area is 268 Å². The van der Waals surface area contributed by atoms with E-state index in [9.17, 15) is 0 Å². The lowest BCUT2D eigenvalue weighted by molar-refractivity contribution is -0.0274.